The molecule has 24 heavy (non-hydrogen) atoms. The molecule has 0 atom stereocenters. The minimum atomic E-state index is 0.152. The van der Waals surface area contributed by atoms with E-state index in [-0.39, 0.29) is 5.75 Å². The van der Waals surface area contributed by atoms with Crippen molar-refractivity contribution in [2.24, 2.45) is 5.10 Å². The van der Waals surface area contributed by atoms with E-state index in [1.807, 2.05) is 11.4 Å². The summed E-state index contributed by atoms with van der Waals surface area (Å²) in [4.78, 5) is 4.44. The molecule has 0 aliphatic carbocycles. The van der Waals surface area contributed by atoms with Crippen LogP contribution in [-0.4, -0.2) is 16.3 Å². The van der Waals surface area contributed by atoms with Crippen molar-refractivity contribution in [2.75, 3.05) is 5.43 Å². The van der Waals surface area contributed by atoms with Gasteiger partial charge in [-0.3, -0.25) is 5.43 Å². The maximum atomic E-state index is 9.76. The van der Waals surface area contributed by atoms with Crippen molar-refractivity contribution < 1.29 is 5.11 Å². The van der Waals surface area contributed by atoms with Crippen LogP contribution in [0, 0.1) is 0 Å². The van der Waals surface area contributed by atoms with Crippen LogP contribution in [0.4, 0.5) is 5.13 Å². The zero-order valence-electron chi connectivity index (χ0n) is 12.0. The monoisotopic (exact) mass is 441 g/mol. The maximum absolute atomic E-state index is 9.76. The molecule has 0 amide bonds. The van der Waals surface area contributed by atoms with E-state index in [2.05, 4.69) is 31.4 Å². The molecule has 0 fully saturated rings. The van der Waals surface area contributed by atoms with Gasteiger partial charge in [-0.1, -0.05) is 45.2 Å². The van der Waals surface area contributed by atoms with E-state index in [1.54, 1.807) is 30.3 Å². The van der Waals surface area contributed by atoms with Gasteiger partial charge in [0, 0.05) is 21.0 Å². The Labute approximate surface area is 160 Å². The Balaban J connectivity index is 1.73. The number of benzene rings is 2. The lowest BCUT2D eigenvalue weighted by molar-refractivity contribution is 0.474. The molecule has 0 saturated heterocycles. The standard InChI is InChI=1S/C16H10BrCl2N3OS/c17-11-2-4-15(23)10(5-11)7-20-22-16-21-14(8-24-16)9-1-3-12(18)13(19)6-9/h1-8,23H,(H,21,22)/b20-7+. The predicted octanol–water partition coefficient (Wildman–Crippen LogP) is 6.03. The van der Waals surface area contributed by atoms with Gasteiger partial charge in [0.1, 0.15) is 5.75 Å². The number of nitrogens with zero attached hydrogens (tertiary/aromatic N) is 2. The molecule has 8 heteroatoms. The number of aromatic nitrogens is 1. The van der Waals surface area contributed by atoms with Crippen molar-refractivity contribution in [3.63, 3.8) is 0 Å². The van der Waals surface area contributed by atoms with E-state index in [0.29, 0.717) is 20.7 Å². The second-order valence-corrected chi connectivity index (χ2v) is 7.33. The van der Waals surface area contributed by atoms with Crippen LogP contribution in [-0.2, 0) is 0 Å². The highest BCUT2D eigenvalue weighted by molar-refractivity contribution is 9.10. The number of phenols is 1. The van der Waals surface area contributed by atoms with Crippen molar-refractivity contribution in [3.05, 3.63) is 61.9 Å². The lowest BCUT2D eigenvalue weighted by Crippen LogP contribution is -1.91. The molecule has 2 N–H and O–H groups in total. The number of hydrazone groups is 1. The third-order valence-corrected chi connectivity index (χ3v) is 5.05. The van der Waals surface area contributed by atoms with Crippen LogP contribution in [0.3, 0.4) is 0 Å². The summed E-state index contributed by atoms with van der Waals surface area (Å²) in [7, 11) is 0. The molecule has 0 spiro atoms. The fourth-order valence-electron chi connectivity index (χ4n) is 1.90. The number of rotatable bonds is 4. The van der Waals surface area contributed by atoms with Gasteiger partial charge in [0.15, 0.2) is 0 Å². The predicted molar refractivity (Wildman–Crippen MR) is 105 cm³/mol. The van der Waals surface area contributed by atoms with Crippen LogP contribution in [0.1, 0.15) is 5.56 Å². The number of thiazole rings is 1. The summed E-state index contributed by atoms with van der Waals surface area (Å²) in [6.07, 6.45) is 1.53. The first-order chi connectivity index (χ1) is 11.5. The molecular weight excluding hydrogens is 433 g/mol. The van der Waals surface area contributed by atoms with Crippen LogP contribution in [0.25, 0.3) is 11.3 Å². The summed E-state index contributed by atoms with van der Waals surface area (Å²) < 4.78 is 0.859. The van der Waals surface area contributed by atoms with Crippen molar-refractivity contribution >= 4 is 61.8 Å². The molecule has 0 aliphatic heterocycles. The van der Waals surface area contributed by atoms with Crippen LogP contribution in [0.5, 0.6) is 5.75 Å². The molecule has 3 aromatic rings. The molecule has 122 valence electrons. The summed E-state index contributed by atoms with van der Waals surface area (Å²) in [5, 5.41) is 17.4. The number of hydrogen-bond donors (Lipinski definition) is 2. The van der Waals surface area contributed by atoms with Gasteiger partial charge in [-0.2, -0.15) is 5.10 Å². The van der Waals surface area contributed by atoms with E-state index in [4.69, 9.17) is 23.2 Å². The second-order valence-electron chi connectivity index (χ2n) is 4.74. The fraction of sp³-hybridized carbons (Fsp3) is 0. The lowest BCUT2D eigenvalue weighted by Gasteiger charge is -2.00. The van der Waals surface area contributed by atoms with E-state index in [9.17, 15) is 5.11 Å². The average molecular weight is 443 g/mol. The van der Waals surface area contributed by atoms with Gasteiger partial charge in [0.2, 0.25) is 5.13 Å². The summed E-state index contributed by atoms with van der Waals surface area (Å²) in [5.74, 6) is 0.152. The van der Waals surface area contributed by atoms with Crippen LogP contribution >= 0.6 is 50.5 Å². The fourth-order valence-corrected chi connectivity index (χ4v) is 3.24. The first-order valence-corrected chi connectivity index (χ1v) is 9.14. The highest BCUT2D eigenvalue weighted by Gasteiger charge is 2.06. The van der Waals surface area contributed by atoms with Gasteiger partial charge in [0.25, 0.3) is 0 Å². The van der Waals surface area contributed by atoms with Gasteiger partial charge in [-0.15, -0.1) is 11.3 Å². The van der Waals surface area contributed by atoms with Crippen molar-refractivity contribution in [3.8, 4) is 17.0 Å². The Morgan fingerprint density at radius 2 is 2.00 bits per heavy atom. The molecule has 0 saturated carbocycles. The second kappa shape index (κ2) is 7.53. The molecule has 0 unspecified atom stereocenters. The van der Waals surface area contributed by atoms with Gasteiger partial charge in [-0.25, -0.2) is 4.98 Å². The minimum Gasteiger partial charge on any atom is -0.507 e. The number of anilines is 1. The Kier molecular flexibility index (Phi) is 5.40. The molecule has 4 nitrogen and oxygen atoms in total. The third kappa shape index (κ3) is 4.08. The summed E-state index contributed by atoms with van der Waals surface area (Å²) in [6.45, 7) is 0. The van der Waals surface area contributed by atoms with Crippen molar-refractivity contribution in [1.82, 2.24) is 4.98 Å². The minimum absolute atomic E-state index is 0.152. The molecule has 3 rings (SSSR count). The van der Waals surface area contributed by atoms with E-state index in [1.165, 1.54) is 17.6 Å². The van der Waals surface area contributed by atoms with Gasteiger partial charge in [-0.05, 0) is 30.3 Å². The lowest BCUT2D eigenvalue weighted by atomic mass is 10.2. The summed E-state index contributed by atoms with van der Waals surface area (Å²) in [6, 6.07) is 10.5. The Bertz CT molecular complexity index is 914. The number of aromatic hydroxyl groups is 1. The number of halogens is 3. The Hall–Kier alpha value is -1.60. The SMILES string of the molecule is Oc1ccc(Br)cc1/C=N/Nc1nc(-c2ccc(Cl)c(Cl)c2)cs1. The first kappa shape index (κ1) is 17.2. The highest BCUT2D eigenvalue weighted by atomic mass is 79.9. The van der Waals surface area contributed by atoms with E-state index in [0.717, 1.165) is 15.7 Å². The molecule has 2 aromatic carbocycles. The van der Waals surface area contributed by atoms with Gasteiger partial charge >= 0.3 is 0 Å². The summed E-state index contributed by atoms with van der Waals surface area (Å²) in [5.41, 5.74) is 5.10. The zero-order valence-corrected chi connectivity index (χ0v) is 15.9. The van der Waals surface area contributed by atoms with Crippen molar-refractivity contribution in [2.45, 2.75) is 0 Å². The Morgan fingerprint density at radius 1 is 1.17 bits per heavy atom. The number of phenolic OH excluding ortho intramolecular Hbond substituents is 1. The molecule has 0 bridgehead atoms. The molecule has 0 aliphatic rings. The Morgan fingerprint density at radius 3 is 2.79 bits per heavy atom. The molecule has 0 radical (unpaired) electrons. The maximum Gasteiger partial charge on any atom is 0.203 e. The highest BCUT2D eigenvalue weighted by Crippen LogP contribution is 2.30. The van der Waals surface area contributed by atoms with Gasteiger partial charge < -0.3 is 5.11 Å². The van der Waals surface area contributed by atoms with Crippen molar-refractivity contribution in [1.29, 1.82) is 0 Å². The number of hydrogen-bond acceptors (Lipinski definition) is 5. The number of nitrogens with one attached hydrogen (secondary N) is 1. The van der Waals surface area contributed by atoms with Crippen LogP contribution < -0.4 is 5.43 Å². The average Bonchev–Trinajstić information content (AvgIpc) is 3.02. The normalized spacial score (nSPS) is 11.1. The smallest absolute Gasteiger partial charge is 0.203 e. The quantitative estimate of drug-likeness (QED) is 0.383. The van der Waals surface area contributed by atoms with Crippen LogP contribution in [0.15, 0.2) is 51.4 Å². The molecular formula is C16H10BrCl2N3OS. The third-order valence-electron chi connectivity index (χ3n) is 3.07. The molecule has 1 aromatic heterocycles. The van der Waals surface area contributed by atoms with E-state index >= 15 is 0 Å². The van der Waals surface area contributed by atoms with E-state index < -0.39 is 0 Å². The topological polar surface area (TPSA) is 57.5 Å². The molecule has 1 heterocycles. The van der Waals surface area contributed by atoms with Crippen LogP contribution in [0.2, 0.25) is 10.0 Å². The first-order valence-electron chi connectivity index (χ1n) is 6.71. The largest absolute Gasteiger partial charge is 0.507 e. The summed E-state index contributed by atoms with van der Waals surface area (Å²) >= 11 is 16.7. The van der Waals surface area contributed by atoms with Gasteiger partial charge in [0.05, 0.1) is 22.0 Å². The zero-order chi connectivity index (χ0) is 17.1.